The minimum Gasteiger partial charge on any atom is -0.382 e. The van der Waals surface area contributed by atoms with Crippen molar-refractivity contribution >= 4 is 21.7 Å². The van der Waals surface area contributed by atoms with Gasteiger partial charge in [-0.3, -0.25) is 4.79 Å². The first-order chi connectivity index (χ1) is 13.4. The number of nitrogens with zero attached hydrogens (tertiary/aromatic N) is 4. The summed E-state index contributed by atoms with van der Waals surface area (Å²) in [5, 5.41) is 11.1. The summed E-state index contributed by atoms with van der Waals surface area (Å²) in [5.74, 6) is -0.540. The fourth-order valence-electron chi connectivity index (χ4n) is 2.90. The summed E-state index contributed by atoms with van der Waals surface area (Å²) in [4.78, 5) is 20.6. The van der Waals surface area contributed by atoms with Gasteiger partial charge >= 0.3 is 0 Å². The van der Waals surface area contributed by atoms with Gasteiger partial charge in [-0.1, -0.05) is 12.1 Å². The number of benzene rings is 1. The summed E-state index contributed by atoms with van der Waals surface area (Å²) >= 11 is 0. The summed E-state index contributed by atoms with van der Waals surface area (Å²) in [6.45, 7) is 1.26. The monoisotopic (exact) mass is 400 g/mol. The molecule has 0 radical (unpaired) electrons. The van der Waals surface area contributed by atoms with Crippen molar-refractivity contribution in [3.05, 3.63) is 36.2 Å². The Morgan fingerprint density at radius 1 is 1.25 bits per heavy atom. The molecule has 1 saturated heterocycles. The van der Waals surface area contributed by atoms with E-state index in [1.165, 1.54) is 22.6 Å². The van der Waals surface area contributed by atoms with Crippen molar-refractivity contribution in [1.29, 1.82) is 5.26 Å². The van der Waals surface area contributed by atoms with Crippen LogP contribution in [0.1, 0.15) is 29.8 Å². The molecule has 1 aliphatic heterocycles. The van der Waals surface area contributed by atoms with E-state index in [1.807, 2.05) is 6.07 Å². The van der Waals surface area contributed by atoms with Gasteiger partial charge in [0.15, 0.2) is 11.5 Å². The molecule has 1 aromatic heterocycles. The zero-order valence-corrected chi connectivity index (χ0v) is 15.9. The van der Waals surface area contributed by atoms with Crippen LogP contribution in [0.15, 0.2) is 35.4 Å². The molecule has 0 spiro atoms. The van der Waals surface area contributed by atoms with E-state index in [-0.39, 0.29) is 29.4 Å². The molecule has 146 valence electrons. The first kappa shape index (κ1) is 19.7. The summed E-state index contributed by atoms with van der Waals surface area (Å²) in [7, 11) is -3.49. The Hall–Kier alpha value is -3.03. The van der Waals surface area contributed by atoms with E-state index in [0.717, 1.165) is 12.8 Å². The maximum atomic E-state index is 12.6. The van der Waals surface area contributed by atoms with Gasteiger partial charge in [0.05, 0.1) is 29.3 Å². The molecule has 1 aromatic carbocycles. The van der Waals surface area contributed by atoms with Gasteiger partial charge in [0.1, 0.15) is 0 Å². The Bertz CT molecular complexity index is 1010. The van der Waals surface area contributed by atoms with Crippen molar-refractivity contribution in [2.45, 2.75) is 24.2 Å². The van der Waals surface area contributed by atoms with Gasteiger partial charge in [-0.05, 0) is 25.0 Å². The second-order valence-corrected chi connectivity index (χ2v) is 8.23. The predicted octanol–water partition coefficient (Wildman–Crippen LogP) is 1.15. The molecule has 9 nitrogen and oxygen atoms in total. The molecule has 1 aliphatic rings. The Morgan fingerprint density at radius 2 is 1.93 bits per heavy atom. The van der Waals surface area contributed by atoms with E-state index in [0.29, 0.717) is 24.3 Å². The fourth-order valence-corrected chi connectivity index (χ4v) is 4.41. The van der Waals surface area contributed by atoms with Gasteiger partial charge in [0.25, 0.3) is 5.91 Å². The number of sulfonamides is 1. The number of nitrogens with two attached hydrogens (primary N) is 1. The van der Waals surface area contributed by atoms with E-state index < -0.39 is 15.9 Å². The Balaban J connectivity index is 1.83. The van der Waals surface area contributed by atoms with Crippen LogP contribution in [0.25, 0.3) is 11.3 Å². The molecule has 28 heavy (non-hydrogen) atoms. The largest absolute Gasteiger partial charge is 0.382 e. The van der Waals surface area contributed by atoms with Crippen molar-refractivity contribution in [3.63, 3.8) is 0 Å². The molecule has 1 fully saturated rings. The van der Waals surface area contributed by atoms with Crippen LogP contribution in [-0.4, -0.2) is 48.2 Å². The van der Waals surface area contributed by atoms with Crippen molar-refractivity contribution in [2.24, 2.45) is 0 Å². The van der Waals surface area contributed by atoms with Crippen LogP contribution < -0.4 is 11.1 Å². The maximum absolute atomic E-state index is 12.6. The van der Waals surface area contributed by atoms with Gasteiger partial charge in [-0.2, -0.15) is 9.57 Å². The molecule has 0 saturated carbocycles. The second kappa shape index (κ2) is 8.33. The quantitative estimate of drug-likeness (QED) is 0.693. The van der Waals surface area contributed by atoms with E-state index in [4.69, 9.17) is 11.0 Å². The highest BCUT2D eigenvalue weighted by atomic mass is 32.2. The summed E-state index contributed by atoms with van der Waals surface area (Å²) in [6, 6.07) is 8.22. The molecule has 0 unspecified atom stereocenters. The van der Waals surface area contributed by atoms with Crippen LogP contribution in [0.5, 0.6) is 0 Å². The van der Waals surface area contributed by atoms with E-state index in [2.05, 4.69) is 15.3 Å². The van der Waals surface area contributed by atoms with Crippen LogP contribution in [0, 0.1) is 11.3 Å². The third kappa shape index (κ3) is 4.11. The first-order valence-corrected chi connectivity index (χ1v) is 10.3. The number of amides is 1. The molecule has 3 N–H and O–H groups in total. The molecule has 10 heteroatoms. The Kier molecular flexibility index (Phi) is 5.87. The zero-order valence-electron chi connectivity index (χ0n) is 15.1. The molecule has 3 rings (SSSR count). The zero-order chi connectivity index (χ0) is 20.1. The summed E-state index contributed by atoms with van der Waals surface area (Å²) < 4.78 is 26.7. The third-order valence-electron chi connectivity index (χ3n) is 4.39. The fraction of sp³-hybridized carbons (Fsp3) is 0.333. The molecule has 2 heterocycles. The SMILES string of the molecule is N#CCCNC(=O)c1nc(-c2ccc(S(=O)(=O)N3CCCC3)cc2)cnc1N. The number of nitriles is 1. The van der Waals surface area contributed by atoms with Crippen LogP contribution >= 0.6 is 0 Å². The van der Waals surface area contributed by atoms with Gasteiger partial charge in [-0.15, -0.1) is 0 Å². The van der Waals surface area contributed by atoms with Crippen molar-refractivity contribution in [3.8, 4) is 17.3 Å². The van der Waals surface area contributed by atoms with Gasteiger partial charge < -0.3 is 11.1 Å². The van der Waals surface area contributed by atoms with E-state index in [1.54, 1.807) is 12.1 Å². The van der Waals surface area contributed by atoms with Crippen LogP contribution in [-0.2, 0) is 10.0 Å². The lowest BCUT2D eigenvalue weighted by Gasteiger charge is -2.15. The van der Waals surface area contributed by atoms with Crippen molar-refractivity contribution in [1.82, 2.24) is 19.6 Å². The summed E-state index contributed by atoms with van der Waals surface area (Å²) in [5.41, 5.74) is 6.71. The van der Waals surface area contributed by atoms with Crippen LogP contribution in [0.4, 0.5) is 5.82 Å². The predicted molar refractivity (Wildman–Crippen MR) is 102 cm³/mol. The third-order valence-corrected chi connectivity index (χ3v) is 6.30. The number of nitrogen functional groups attached to an aromatic ring is 1. The average molecular weight is 400 g/mol. The number of hydrogen-bond donors (Lipinski definition) is 2. The molecule has 0 atom stereocenters. The first-order valence-electron chi connectivity index (χ1n) is 8.82. The lowest BCUT2D eigenvalue weighted by Crippen LogP contribution is -2.27. The normalized spacial score (nSPS) is 14.5. The number of hydrogen-bond acceptors (Lipinski definition) is 7. The molecule has 1 amide bonds. The minimum atomic E-state index is -3.49. The minimum absolute atomic E-state index is 0.0218. The van der Waals surface area contributed by atoms with Crippen LogP contribution in [0.2, 0.25) is 0 Å². The number of carbonyl (C=O) groups is 1. The van der Waals surface area contributed by atoms with E-state index >= 15 is 0 Å². The lowest BCUT2D eigenvalue weighted by molar-refractivity contribution is 0.0950. The van der Waals surface area contributed by atoms with Gasteiger partial charge in [-0.25, -0.2) is 18.4 Å². The Labute approximate surface area is 163 Å². The van der Waals surface area contributed by atoms with E-state index in [9.17, 15) is 13.2 Å². The number of nitrogens with one attached hydrogen (secondary N) is 1. The van der Waals surface area contributed by atoms with Crippen LogP contribution in [0.3, 0.4) is 0 Å². The summed E-state index contributed by atoms with van der Waals surface area (Å²) in [6.07, 6.45) is 3.34. The number of rotatable bonds is 6. The molecule has 0 aliphatic carbocycles. The maximum Gasteiger partial charge on any atom is 0.273 e. The standard InChI is InChI=1S/C18H20N6O3S/c19-8-3-9-21-18(25)16-17(20)22-12-15(23-16)13-4-6-14(7-5-13)28(26,27)24-10-1-2-11-24/h4-7,12H,1-3,9-11H2,(H2,20,22)(H,21,25). The molecular formula is C18H20N6O3S. The van der Waals surface area contributed by atoms with Gasteiger partial charge in [0.2, 0.25) is 10.0 Å². The molecule has 2 aromatic rings. The highest BCUT2D eigenvalue weighted by Crippen LogP contribution is 2.24. The number of anilines is 1. The lowest BCUT2D eigenvalue weighted by atomic mass is 10.1. The Morgan fingerprint density at radius 3 is 2.57 bits per heavy atom. The molecule has 0 bridgehead atoms. The average Bonchev–Trinajstić information content (AvgIpc) is 3.24. The highest BCUT2D eigenvalue weighted by Gasteiger charge is 2.27. The second-order valence-electron chi connectivity index (χ2n) is 6.29. The smallest absolute Gasteiger partial charge is 0.273 e. The number of carbonyl (C=O) groups excluding carboxylic acids is 1. The van der Waals surface area contributed by atoms with Gasteiger partial charge in [0, 0.05) is 25.2 Å². The number of aromatic nitrogens is 2. The highest BCUT2D eigenvalue weighted by molar-refractivity contribution is 7.89. The van der Waals surface area contributed by atoms with Crippen molar-refractivity contribution in [2.75, 3.05) is 25.4 Å². The topological polar surface area (TPSA) is 142 Å². The molecular weight excluding hydrogens is 380 g/mol. The van der Waals surface area contributed by atoms with Crippen molar-refractivity contribution < 1.29 is 13.2 Å².